The second-order valence-corrected chi connectivity index (χ2v) is 28.8. The first-order valence-electron chi connectivity index (χ1n) is 33.7. The van der Waals surface area contributed by atoms with Gasteiger partial charge in [-0.2, -0.15) is 0 Å². The van der Waals surface area contributed by atoms with Gasteiger partial charge in [-0.15, -0.1) is 0 Å². The van der Waals surface area contributed by atoms with E-state index >= 15 is 0 Å². The van der Waals surface area contributed by atoms with Crippen LogP contribution in [0.5, 0.6) is 0 Å². The van der Waals surface area contributed by atoms with Crippen LogP contribution in [0.1, 0.15) is 172 Å². The number of hydrogen-bond donors (Lipinski definition) is 0. The van der Waals surface area contributed by atoms with Gasteiger partial charge in [0, 0.05) is 61.8 Å². The molecule has 3 heterocycles. The SMILES string of the molecule is [2H]c1c([2H])c([2H])c(-c2ccc3c(c2)N(c2cc(C(C)(C)C)cc(C(C)(C)C)c2)c2cc(C(C)(C)C)cc4c2B3c2ccc(-c3c([2H])c([2H])c([2H])c([2H])c3[2H])cc2N4c2c(-c3ccccc3)cc(C(C)(C)C)cc2-c2cc(C(C)(C)C)nc(C(C)(C)C)c2)c([2H])c1[2H]. The third-order valence-corrected chi connectivity index (χ3v) is 16.4. The Morgan fingerprint density at radius 3 is 1.20 bits per heavy atom. The molecule has 0 aliphatic carbocycles. The number of anilines is 6. The van der Waals surface area contributed by atoms with Crippen molar-refractivity contribution in [1.82, 2.24) is 4.98 Å². The molecule has 0 radical (unpaired) electrons. The van der Waals surface area contributed by atoms with E-state index in [1.165, 1.54) is 0 Å². The van der Waals surface area contributed by atoms with Crippen molar-refractivity contribution < 1.29 is 13.7 Å². The monoisotopic (exact) mass is 1070 g/mol. The fraction of sp³-hybridized carbons (Fsp3) is 0.312. The number of pyridine rings is 1. The molecule has 1 aromatic heterocycles. The highest BCUT2D eigenvalue weighted by molar-refractivity contribution is 7.00. The zero-order chi connectivity index (χ0) is 66.6. The van der Waals surface area contributed by atoms with Crippen LogP contribution in [-0.2, 0) is 32.5 Å². The lowest BCUT2D eigenvalue weighted by Crippen LogP contribution is -2.61. The topological polar surface area (TPSA) is 19.4 Å². The van der Waals surface area contributed by atoms with E-state index in [0.29, 0.717) is 11.1 Å². The standard InChI is InChI=1S/C77H84BN3/c1-72(2,3)55-42-56(73(4,5)6)44-59(43-55)80-64-38-52(49-28-22-19-23-29-49)34-36-62(64)78-63-37-35-53(50-30-24-20-25-31-50)39-65(63)81(67-48-58(75(10,11)12)47-66(80)70(67)78)71-60(51-32-26-21-27-33-51)45-57(74(7,8)9)46-61(71)54-40-68(76(13,14)15)79-69(41-54)77(16,17)18/h19-48H,1-18H3/i19D,20D,22D,23D,24D,25D,28D,29D,30D,31D. The Hall–Kier alpha value is -7.43. The van der Waals surface area contributed by atoms with Crippen LogP contribution in [0, 0.1) is 0 Å². The van der Waals surface area contributed by atoms with Gasteiger partial charge in [-0.05, 0) is 154 Å². The van der Waals surface area contributed by atoms with E-state index in [2.05, 4.69) is 225 Å². The zero-order valence-electron chi connectivity index (χ0n) is 61.0. The molecule has 0 bridgehead atoms. The summed E-state index contributed by atoms with van der Waals surface area (Å²) in [6.45, 7) is 39.5. The molecule has 0 atom stereocenters. The van der Waals surface area contributed by atoms with E-state index in [0.717, 1.165) is 106 Å². The zero-order valence-corrected chi connectivity index (χ0v) is 51.0. The Balaban J connectivity index is 1.40. The molecule has 0 N–H and O–H groups in total. The van der Waals surface area contributed by atoms with Crippen molar-refractivity contribution >= 4 is 57.2 Å². The number of aromatic nitrogens is 1. The molecule has 0 amide bonds. The van der Waals surface area contributed by atoms with Crippen molar-refractivity contribution in [1.29, 1.82) is 0 Å². The summed E-state index contributed by atoms with van der Waals surface area (Å²) in [7, 11) is 0. The minimum Gasteiger partial charge on any atom is -0.311 e. The first-order valence-corrected chi connectivity index (χ1v) is 28.7. The molecule has 9 aromatic rings. The number of benzene rings is 8. The molecule has 81 heavy (non-hydrogen) atoms. The van der Waals surface area contributed by atoms with E-state index in [-0.39, 0.29) is 62.4 Å². The van der Waals surface area contributed by atoms with Gasteiger partial charge in [-0.3, -0.25) is 4.98 Å². The number of nitrogens with zero attached hydrogens (tertiary/aromatic N) is 3. The van der Waals surface area contributed by atoms with Crippen molar-refractivity contribution in [2.75, 3.05) is 9.80 Å². The summed E-state index contributed by atoms with van der Waals surface area (Å²) in [6, 6.07) is 39.4. The fourth-order valence-corrected chi connectivity index (χ4v) is 11.5. The Kier molecular flexibility index (Phi) is 10.7. The van der Waals surface area contributed by atoms with Gasteiger partial charge in [-0.1, -0.05) is 246 Å². The molecule has 2 aliphatic heterocycles. The molecule has 0 fully saturated rings. The van der Waals surface area contributed by atoms with E-state index in [1.807, 2.05) is 30.3 Å². The molecule has 3 nitrogen and oxygen atoms in total. The Bertz CT molecular complexity index is 4370. The van der Waals surface area contributed by atoms with Crippen LogP contribution in [0.15, 0.2) is 182 Å². The summed E-state index contributed by atoms with van der Waals surface area (Å²) in [5.41, 5.74) is 17.1. The van der Waals surface area contributed by atoms with E-state index < -0.39 is 48.4 Å². The highest BCUT2D eigenvalue weighted by Gasteiger charge is 2.46. The molecule has 0 saturated carbocycles. The molecule has 11 rings (SSSR count). The minimum atomic E-state index is -0.522. The van der Waals surface area contributed by atoms with Crippen molar-refractivity contribution in [2.24, 2.45) is 0 Å². The maximum atomic E-state index is 9.48. The van der Waals surface area contributed by atoms with Gasteiger partial charge >= 0.3 is 0 Å². The average Bonchev–Trinajstić information content (AvgIpc) is 0.690. The summed E-state index contributed by atoms with van der Waals surface area (Å²) in [5.74, 6) is 0. The average molecular weight is 1070 g/mol. The van der Waals surface area contributed by atoms with E-state index in [1.54, 1.807) is 0 Å². The second kappa shape index (κ2) is 19.6. The van der Waals surface area contributed by atoms with Crippen LogP contribution < -0.4 is 26.2 Å². The van der Waals surface area contributed by atoms with Crippen LogP contribution in [0.3, 0.4) is 0 Å². The summed E-state index contributed by atoms with van der Waals surface area (Å²) in [5, 5.41) is 0. The van der Waals surface area contributed by atoms with Crippen molar-refractivity contribution in [2.45, 2.75) is 157 Å². The Morgan fingerprint density at radius 2 is 0.753 bits per heavy atom. The molecule has 0 saturated heterocycles. The minimum absolute atomic E-state index is 0.0842. The predicted octanol–water partition coefficient (Wildman–Crippen LogP) is 19.6. The smallest absolute Gasteiger partial charge is 0.252 e. The van der Waals surface area contributed by atoms with Gasteiger partial charge in [0.15, 0.2) is 0 Å². The Morgan fingerprint density at radius 1 is 0.346 bits per heavy atom. The molecule has 8 aromatic carbocycles. The van der Waals surface area contributed by atoms with Crippen LogP contribution >= 0.6 is 0 Å². The molecule has 2 aliphatic rings. The lowest BCUT2D eigenvalue weighted by Gasteiger charge is -2.46. The van der Waals surface area contributed by atoms with Crippen LogP contribution in [0.4, 0.5) is 34.1 Å². The summed E-state index contributed by atoms with van der Waals surface area (Å²) >= 11 is 0. The second-order valence-electron chi connectivity index (χ2n) is 28.8. The molecule has 4 heteroatoms. The first-order chi connectivity index (χ1) is 42.1. The highest BCUT2D eigenvalue weighted by atomic mass is 15.2. The largest absolute Gasteiger partial charge is 0.311 e. The molecular formula is C77H84BN3. The number of rotatable bonds is 6. The van der Waals surface area contributed by atoms with Gasteiger partial charge in [-0.25, -0.2) is 0 Å². The maximum Gasteiger partial charge on any atom is 0.252 e. The first kappa shape index (κ1) is 44.3. The van der Waals surface area contributed by atoms with Crippen LogP contribution in [0.2, 0.25) is 0 Å². The van der Waals surface area contributed by atoms with Gasteiger partial charge < -0.3 is 9.80 Å². The van der Waals surface area contributed by atoms with Gasteiger partial charge in [0.05, 0.1) is 19.4 Å². The highest BCUT2D eigenvalue weighted by Crippen LogP contribution is 2.54. The molecule has 410 valence electrons. The molecule has 0 unspecified atom stereocenters. The van der Waals surface area contributed by atoms with E-state index in [4.69, 9.17) is 13.2 Å². The predicted molar refractivity (Wildman–Crippen MR) is 352 cm³/mol. The van der Waals surface area contributed by atoms with Gasteiger partial charge in [0.2, 0.25) is 0 Å². The van der Waals surface area contributed by atoms with Gasteiger partial charge in [0.25, 0.3) is 6.71 Å². The normalized spacial score (nSPS) is 15.5. The lowest BCUT2D eigenvalue weighted by atomic mass is 9.33. The molecular weight excluding hydrogens is 978 g/mol. The Labute approximate surface area is 500 Å². The van der Waals surface area contributed by atoms with Crippen molar-refractivity contribution in [3.63, 3.8) is 0 Å². The summed E-state index contributed by atoms with van der Waals surface area (Å²) in [6.07, 6.45) is 0. The molecule has 0 spiro atoms. The number of fused-ring (bicyclic) bond motifs is 4. The summed E-state index contributed by atoms with van der Waals surface area (Å²) in [4.78, 5) is 10.2. The summed E-state index contributed by atoms with van der Waals surface area (Å²) < 4.78 is 90.7. The number of hydrogen-bond acceptors (Lipinski definition) is 3. The van der Waals surface area contributed by atoms with Crippen molar-refractivity contribution in [3.8, 4) is 44.5 Å². The van der Waals surface area contributed by atoms with Crippen LogP contribution in [0.25, 0.3) is 44.5 Å². The fourth-order valence-electron chi connectivity index (χ4n) is 11.5. The lowest BCUT2D eigenvalue weighted by molar-refractivity contribution is 0.531. The quantitative estimate of drug-likeness (QED) is 0.155. The van der Waals surface area contributed by atoms with E-state index in [9.17, 15) is 5.48 Å². The van der Waals surface area contributed by atoms with Gasteiger partial charge in [0.1, 0.15) is 0 Å². The van der Waals surface area contributed by atoms with Crippen molar-refractivity contribution in [3.05, 3.63) is 215 Å². The van der Waals surface area contributed by atoms with Crippen LogP contribution in [-0.4, -0.2) is 11.7 Å². The third kappa shape index (κ3) is 10.4. The maximum absolute atomic E-state index is 9.48. The third-order valence-electron chi connectivity index (χ3n) is 16.4.